The van der Waals surface area contributed by atoms with E-state index in [4.69, 9.17) is 11.6 Å². The molecule has 0 spiro atoms. The average Bonchev–Trinajstić information content (AvgIpc) is 3.09. The lowest BCUT2D eigenvalue weighted by atomic mass is 10.1. The zero-order valence-electron chi connectivity index (χ0n) is 13.7. The van der Waals surface area contributed by atoms with Crippen LogP contribution < -0.4 is 10.6 Å². The van der Waals surface area contributed by atoms with E-state index in [1.54, 1.807) is 6.07 Å². The number of carbonyl (C=O) groups is 2. The minimum atomic E-state index is -0.327. The number of aromatic nitrogens is 1. The first-order valence-corrected chi connectivity index (χ1v) is 9.18. The molecule has 26 heavy (non-hydrogen) atoms. The SMILES string of the molecule is O=C(Cc1ccccc1)NCC(=O)Nc1nc(-c2ccccc2Cl)cs1. The summed E-state index contributed by atoms with van der Waals surface area (Å²) in [7, 11) is 0. The van der Waals surface area contributed by atoms with Gasteiger partial charge in [0.1, 0.15) is 0 Å². The number of halogens is 1. The molecular formula is C19H16ClN3O2S. The van der Waals surface area contributed by atoms with Gasteiger partial charge in [0.2, 0.25) is 11.8 Å². The van der Waals surface area contributed by atoms with Gasteiger partial charge in [0, 0.05) is 16.0 Å². The lowest BCUT2D eigenvalue weighted by Gasteiger charge is -2.05. The molecule has 0 aliphatic rings. The lowest BCUT2D eigenvalue weighted by Crippen LogP contribution is -2.33. The molecule has 0 aliphatic heterocycles. The first kappa shape index (κ1) is 18.1. The molecule has 2 aromatic carbocycles. The Kier molecular flexibility index (Phi) is 5.99. The Hall–Kier alpha value is -2.70. The second-order valence-electron chi connectivity index (χ2n) is 5.51. The molecule has 0 bridgehead atoms. The van der Waals surface area contributed by atoms with E-state index in [-0.39, 0.29) is 24.8 Å². The Morgan fingerprint density at radius 2 is 1.73 bits per heavy atom. The first-order chi connectivity index (χ1) is 12.6. The number of anilines is 1. The minimum absolute atomic E-state index is 0.104. The molecule has 5 nitrogen and oxygen atoms in total. The van der Waals surface area contributed by atoms with Crippen LogP contribution >= 0.6 is 22.9 Å². The van der Waals surface area contributed by atoms with Gasteiger partial charge >= 0.3 is 0 Å². The lowest BCUT2D eigenvalue weighted by molar-refractivity contribution is -0.123. The zero-order valence-corrected chi connectivity index (χ0v) is 15.3. The number of thiazole rings is 1. The van der Waals surface area contributed by atoms with Crippen LogP contribution in [0.4, 0.5) is 5.13 Å². The summed E-state index contributed by atoms with van der Waals surface area (Å²) >= 11 is 7.46. The van der Waals surface area contributed by atoms with Gasteiger partial charge in [-0.15, -0.1) is 11.3 Å². The van der Waals surface area contributed by atoms with Crippen molar-refractivity contribution in [3.63, 3.8) is 0 Å². The molecule has 2 amide bonds. The summed E-state index contributed by atoms with van der Waals surface area (Å²) in [5, 5.41) is 8.17. The Morgan fingerprint density at radius 3 is 2.50 bits per heavy atom. The van der Waals surface area contributed by atoms with Crippen molar-refractivity contribution in [1.29, 1.82) is 0 Å². The number of rotatable bonds is 6. The van der Waals surface area contributed by atoms with Gasteiger partial charge in [-0.3, -0.25) is 9.59 Å². The van der Waals surface area contributed by atoms with Crippen LogP contribution in [-0.4, -0.2) is 23.3 Å². The molecule has 0 fully saturated rings. The summed E-state index contributed by atoms with van der Waals surface area (Å²) in [6.45, 7) is -0.104. The maximum absolute atomic E-state index is 12.0. The third-order valence-electron chi connectivity index (χ3n) is 3.55. The van der Waals surface area contributed by atoms with Crippen LogP contribution in [0.3, 0.4) is 0 Å². The first-order valence-electron chi connectivity index (χ1n) is 7.93. The molecular weight excluding hydrogens is 370 g/mol. The van der Waals surface area contributed by atoms with E-state index in [1.165, 1.54) is 11.3 Å². The zero-order chi connectivity index (χ0) is 18.4. The van der Waals surface area contributed by atoms with Crippen molar-refractivity contribution in [3.8, 4) is 11.3 Å². The molecule has 2 N–H and O–H groups in total. The molecule has 1 aromatic heterocycles. The number of amides is 2. The van der Waals surface area contributed by atoms with Crippen LogP contribution in [0, 0.1) is 0 Å². The Labute approximate surface area is 160 Å². The monoisotopic (exact) mass is 385 g/mol. The summed E-state index contributed by atoms with van der Waals surface area (Å²) in [5.41, 5.74) is 2.40. The molecule has 7 heteroatoms. The number of nitrogens with one attached hydrogen (secondary N) is 2. The number of benzene rings is 2. The Balaban J connectivity index is 1.51. The van der Waals surface area contributed by atoms with Crippen LogP contribution in [0.25, 0.3) is 11.3 Å². The van der Waals surface area contributed by atoms with Gasteiger partial charge in [0.25, 0.3) is 0 Å². The molecule has 1 heterocycles. The fourth-order valence-electron chi connectivity index (χ4n) is 2.31. The highest BCUT2D eigenvalue weighted by atomic mass is 35.5. The van der Waals surface area contributed by atoms with Crippen molar-refractivity contribution in [1.82, 2.24) is 10.3 Å². The van der Waals surface area contributed by atoms with Crippen LogP contribution in [0.15, 0.2) is 60.0 Å². The van der Waals surface area contributed by atoms with E-state index in [0.29, 0.717) is 15.8 Å². The molecule has 0 saturated heterocycles. The normalized spacial score (nSPS) is 10.3. The maximum Gasteiger partial charge on any atom is 0.245 e. The number of carbonyl (C=O) groups excluding carboxylic acids is 2. The Bertz CT molecular complexity index is 912. The number of nitrogens with zero attached hydrogens (tertiary/aromatic N) is 1. The smallest absolute Gasteiger partial charge is 0.245 e. The van der Waals surface area contributed by atoms with Crippen molar-refractivity contribution in [2.24, 2.45) is 0 Å². The quantitative estimate of drug-likeness (QED) is 0.678. The summed E-state index contributed by atoms with van der Waals surface area (Å²) in [4.78, 5) is 28.2. The van der Waals surface area contributed by atoms with Gasteiger partial charge in [-0.1, -0.05) is 60.1 Å². The third-order valence-corrected chi connectivity index (χ3v) is 4.64. The van der Waals surface area contributed by atoms with Crippen LogP contribution in [0.5, 0.6) is 0 Å². The molecule has 0 aliphatic carbocycles. The van der Waals surface area contributed by atoms with Crippen molar-refractivity contribution in [2.75, 3.05) is 11.9 Å². The van der Waals surface area contributed by atoms with E-state index in [2.05, 4.69) is 15.6 Å². The molecule has 132 valence electrons. The van der Waals surface area contributed by atoms with Crippen LogP contribution in [0.2, 0.25) is 5.02 Å². The minimum Gasteiger partial charge on any atom is -0.347 e. The van der Waals surface area contributed by atoms with Gasteiger partial charge < -0.3 is 10.6 Å². The molecule has 0 radical (unpaired) electrons. The van der Waals surface area contributed by atoms with Gasteiger partial charge in [-0.25, -0.2) is 4.98 Å². The van der Waals surface area contributed by atoms with E-state index >= 15 is 0 Å². The molecule has 3 rings (SSSR count). The van der Waals surface area contributed by atoms with E-state index in [9.17, 15) is 9.59 Å². The average molecular weight is 386 g/mol. The van der Waals surface area contributed by atoms with Crippen LogP contribution in [-0.2, 0) is 16.0 Å². The van der Waals surface area contributed by atoms with Gasteiger partial charge in [-0.2, -0.15) is 0 Å². The highest BCUT2D eigenvalue weighted by Crippen LogP contribution is 2.30. The predicted octanol–water partition coefficient (Wildman–Crippen LogP) is 3.76. The van der Waals surface area contributed by atoms with Gasteiger partial charge in [0.05, 0.1) is 18.7 Å². The second-order valence-corrected chi connectivity index (χ2v) is 6.77. The predicted molar refractivity (Wildman–Crippen MR) is 104 cm³/mol. The highest BCUT2D eigenvalue weighted by Gasteiger charge is 2.11. The molecule has 3 aromatic rings. The number of hydrogen-bond acceptors (Lipinski definition) is 4. The molecule has 0 atom stereocenters. The second kappa shape index (κ2) is 8.60. The van der Waals surface area contributed by atoms with Crippen molar-refractivity contribution >= 4 is 39.9 Å². The Morgan fingerprint density at radius 1 is 1.00 bits per heavy atom. The van der Waals surface area contributed by atoms with Crippen molar-refractivity contribution in [3.05, 3.63) is 70.6 Å². The van der Waals surface area contributed by atoms with Gasteiger partial charge in [0.15, 0.2) is 5.13 Å². The summed E-state index contributed by atoms with van der Waals surface area (Å²) in [5.74, 6) is -0.534. The maximum atomic E-state index is 12.0. The summed E-state index contributed by atoms with van der Waals surface area (Å²) in [6, 6.07) is 16.7. The molecule has 0 unspecified atom stereocenters. The number of hydrogen-bond donors (Lipinski definition) is 2. The molecule has 0 saturated carbocycles. The third kappa shape index (κ3) is 4.91. The van der Waals surface area contributed by atoms with Crippen molar-refractivity contribution in [2.45, 2.75) is 6.42 Å². The van der Waals surface area contributed by atoms with Crippen molar-refractivity contribution < 1.29 is 9.59 Å². The standard InChI is InChI=1S/C19H16ClN3O2S/c20-15-9-5-4-8-14(15)16-12-26-19(22-16)23-18(25)11-21-17(24)10-13-6-2-1-3-7-13/h1-9,12H,10-11H2,(H,21,24)(H,22,23,25). The fraction of sp³-hybridized carbons (Fsp3) is 0.105. The van der Waals surface area contributed by atoms with Gasteiger partial charge in [-0.05, 0) is 11.6 Å². The largest absolute Gasteiger partial charge is 0.347 e. The fourth-order valence-corrected chi connectivity index (χ4v) is 3.27. The van der Waals surface area contributed by atoms with E-state index in [1.807, 2.05) is 53.9 Å². The van der Waals surface area contributed by atoms with E-state index < -0.39 is 0 Å². The van der Waals surface area contributed by atoms with Crippen LogP contribution in [0.1, 0.15) is 5.56 Å². The summed E-state index contributed by atoms with van der Waals surface area (Å²) in [6.07, 6.45) is 0.238. The highest BCUT2D eigenvalue weighted by molar-refractivity contribution is 7.14. The summed E-state index contributed by atoms with van der Waals surface area (Å²) < 4.78 is 0. The topological polar surface area (TPSA) is 71.1 Å². The van der Waals surface area contributed by atoms with E-state index in [0.717, 1.165) is 11.1 Å².